The molecular weight excluding hydrogens is 344 g/mol. The molecule has 0 radical (unpaired) electrons. The number of ether oxygens (including phenoxy) is 1. The summed E-state index contributed by atoms with van der Waals surface area (Å²) >= 11 is 0. The molecule has 132 valence electrons. The van der Waals surface area contributed by atoms with E-state index in [2.05, 4.69) is 5.43 Å². The van der Waals surface area contributed by atoms with Gasteiger partial charge in [-0.3, -0.25) is 20.4 Å². The largest absolute Gasteiger partial charge is 0.484 e. The van der Waals surface area contributed by atoms with Gasteiger partial charge in [0.15, 0.2) is 6.61 Å². The van der Waals surface area contributed by atoms with Crippen LogP contribution in [-0.4, -0.2) is 18.4 Å². The average molecular weight is 356 g/mol. The molecule has 0 bridgehead atoms. The van der Waals surface area contributed by atoms with E-state index in [1.54, 1.807) is 0 Å². The van der Waals surface area contributed by atoms with Crippen molar-refractivity contribution in [1.29, 1.82) is 0 Å². The number of carbonyl (C=O) groups excluding carboxylic acids is 2. The third-order valence-corrected chi connectivity index (χ3v) is 2.95. The van der Waals surface area contributed by atoms with E-state index in [0.29, 0.717) is 0 Å². The van der Waals surface area contributed by atoms with Crippen LogP contribution in [0.4, 0.5) is 17.6 Å². The number of benzene rings is 2. The highest BCUT2D eigenvalue weighted by Crippen LogP contribution is 2.31. The first-order valence-corrected chi connectivity index (χ1v) is 6.90. The van der Waals surface area contributed by atoms with Crippen molar-refractivity contribution < 1.29 is 31.9 Å². The van der Waals surface area contributed by atoms with Gasteiger partial charge in [-0.2, -0.15) is 13.2 Å². The van der Waals surface area contributed by atoms with Crippen LogP contribution in [0.15, 0.2) is 48.5 Å². The van der Waals surface area contributed by atoms with Crippen molar-refractivity contribution in [2.24, 2.45) is 0 Å². The van der Waals surface area contributed by atoms with Crippen LogP contribution in [0.5, 0.6) is 5.75 Å². The molecule has 2 aromatic carbocycles. The molecule has 0 aliphatic heterocycles. The summed E-state index contributed by atoms with van der Waals surface area (Å²) in [4.78, 5) is 23.2. The van der Waals surface area contributed by atoms with Crippen molar-refractivity contribution >= 4 is 11.8 Å². The summed E-state index contributed by atoms with van der Waals surface area (Å²) in [6, 6.07) is 8.62. The molecule has 0 fully saturated rings. The lowest BCUT2D eigenvalue weighted by molar-refractivity contribution is -0.137. The second-order valence-electron chi connectivity index (χ2n) is 4.82. The highest BCUT2D eigenvalue weighted by molar-refractivity contribution is 5.95. The van der Waals surface area contributed by atoms with Crippen LogP contribution in [0.3, 0.4) is 0 Å². The fourth-order valence-corrected chi connectivity index (χ4v) is 1.75. The standard InChI is InChI=1S/C16H12F4N2O3/c17-12-6-4-10(5-7-12)15(24)22-21-14(23)9-25-13-3-1-2-11(8-13)16(18,19)20/h1-8H,9H2,(H,21,23)(H,22,24). The third kappa shape index (κ3) is 5.48. The summed E-state index contributed by atoms with van der Waals surface area (Å²) < 4.78 is 55.4. The highest BCUT2D eigenvalue weighted by atomic mass is 19.4. The van der Waals surface area contributed by atoms with Gasteiger partial charge in [0, 0.05) is 5.56 Å². The Bertz CT molecular complexity index is 761. The van der Waals surface area contributed by atoms with Crippen LogP contribution < -0.4 is 15.6 Å². The van der Waals surface area contributed by atoms with E-state index < -0.39 is 36.0 Å². The highest BCUT2D eigenvalue weighted by Gasteiger charge is 2.30. The maximum Gasteiger partial charge on any atom is 0.416 e. The summed E-state index contributed by atoms with van der Waals surface area (Å²) in [7, 11) is 0. The van der Waals surface area contributed by atoms with Gasteiger partial charge in [0.05, 0.1) is 5.56 Å². The number of hydrogen-bond donors (Lipinski definition) is 2. The van der Waals surface area contributed by atoms with Crippen molar-refractivity contribution in [2.45, 2.75) is 6.18 Å². The molecule has 9 heteroatoms. The van der Waals surface area contributed by atoms with E-state index in [-0.39, 0.29) is 11.3 Å². The molecule has 0 saturated carbocycles. The summed E-state index contributed by atoms with van der Waals surface area (Å²) in [5.74, 6) is -2.13. The molecule has 0 spiro atoms. The lowest BCUT2D eigenvalue weighted by Crippen LogP contribution is -2.43. The minimum atomic E-state index is -4.52. The van der Waals surface area contributed by atoms with Crippen LogP contribution >= 0.6 is 0 Å². The zero-order valence-electron chi connectivity index (χ0n) is 12.6. The Balaban J connectivity index is 1.83. The van der Waals surface area contributed by atoms with E-state index >= 15 is 0 Å². The quantitative estimate of drug-likeness (QED) is 0.654. The van der Waals surface area contributed by atoms with Crippen molar-refractivity contribution in [2.75, 3.05) is 6.61 Å². The Labute approximate surface area is 139 Å². The number of nitrogens with one attached hydrogen (secondary N) is 2. The molecule has 2 N–H and O–H groups in total. The van der Waals surface area contributed by atoms with E-state index in [9.17, 15) is 27.2 Å². The van der Waals surface area contributed by atoms with E-state index in [1.807, 2.05) is 5.43 Å². The van der Waals surface area contributed by atoms with Gasteiger partial charge in [0.1, 0.15) is 11.6 Å². The van der Waals surface area contributed by atoms with Gasteiger partial charge >= 0.3 is 6.18 Å². The molecule has 0 aromatic heterocycles. The lowest BCUT2D eigenvalue weighted by atomic mass is 10.2. The lowest BCUT2D eigenvalue weighted by Gasteiger charge is -2.11. The number of halogens is 4. The van der Waals surface area contributed by atoms with Crippen molar-refractivity contribution in [3.63, 3.8) is 0 Å². The van der Waals surface area contributed by atoms with Gasteiger partial charge in [-0.05, 0) is 42.5 Å². The van der Waals surface area contributed by atoms with Crippen LogP contribution in [-0.2, 0) is 11.0 Å². The van der Waals surface area contributed by atoms with Crippen LogP contribution in [0.2, 0.25) is 0 Å². The minimum Gasteiger partial charge on any atom is -0.484 e. The maximum atomic E-state index is 12.7. The summed E-state index contributed by atoms with van der Waals surface area (Å²) in [6.45, 7) is -0.606. The van der Waals surface area contributed by atoms with Crippen molar-refractivity contribution in [3.05, 3.63) is 65.5 Å². The van der Waals surface area contributed by atoms with Gasteiger partial charge in [0.25, 0.3) is 11.8 Å². The number of hydrogen-bond acceptors (Lipinski definition) is 3. The van der Waals surface area contributed by atoms with Gasteiger partial charge in [-0.15, -0.1) is 0 Å². The maximum absolute atomic E-state index is 12.7. The van der Waals surface area contributed by atoms with E-state index in [0.717, 1.165) is 30.3 Å². The summed E-state index contributed by atoms with van der Waals surface area (Å²) in [5, 5.41) is 0. The van der Waals surface area contributed by atoms with Crippen LogP contribution in [0, 0.1) is 5.82 Å². The second kappa shape index (κ2) is 7.65. The fraction of sp³-hybridized carbons (Fsp3) is 0.125. The molecule has 0 aliphatic carbocycles. The van der Waals surface area contributed by atoms with Crippen LogP contribution in [0.1, 0.15) is 15.9 Å². The topological polar surface area (TPSA) is 67.4 Å². The molecule has 0 unspecified atom stereocenters. The molecule has 2 amide bonds. The minimum absolute atomic E-state index is 0.112. The zero-order valence-corrected chi connectivity index (χ0v) is 12.6. The van der Waals surface area contributed by atoms with E-state index in [1.165, 1.54) is 18.2 Å². The second-order valence-corrected chi connectivity index (χ2v) is 4.82. The van der Waals surface area contributed by atoms with Crippen molar-refractivity contribution in [1.82, 2.24) is 10.9 Å². The first kappa shape index (κ1) is 18.2. The molecule has 0 aliphatic rings. The van der Waals surface area contributed by atoms with Crippen LogP contribution in [0.25, 0.3) is 0 Å². The monoisotopic (exact) mass is 356 g/mol. The number of carbonyl (C=O) groups is 2. The number of rotatable bonds is 4. The SMILES string of the molecule is O=C(COc1cccc(C(F)(F)F)c1)NNC(=O)c1ccc(F)cc1. The molecule has 2 aromatic rings. The normalized spacial score (nSPS) is 10.9. The Morgan fingerprint density at radius 2 is 1.68 bits per heavy atom. The smallest absolute Gasteiger partial charge is 0.416 e. The molecule has 2 rings (SSSR count). The van der Waals surface area contributed by atoms with Gasteiger partial charge < -0.3 is 4.74 Å². The Kier molecular flexibility index (Phi) is 5.58. The van der Waals surface area contributed by atoms with Crippen molar-refractivity contribution in [3.8, 4) is 5.75 Å². The molecular formula is C16H12F4N2O3. The van der Waals surface area contributed by atoms with Gasteiger partial charge in [0.2, 0.25) is 0 Å². The Morgan fingerprint density at radius 3 is 2.32 bits per heavy atom. The predicted molar refractivity (Wildman–Crippen MR) is 78.9 cm³/mol. The first-order chi connectivity index (χ1) is 11.8. The molecule has 0 atom stereocenters. The van der Waals surface area contributed by atoms with Gasteiger partial charge in [-0.25, -0.2) is 4.39 Å². The summed E-state index contributed by atoms with van der Waals surface area (Å²) in [5.41, 5.74) is 3.30. The Hall–Kier alpha value is -3.10. The molecule has 25 heavy (non-hydrogen) atoms. The van der Waals surface area contributed by atoms with E-state index in [4.69, 9.17) is 4.74 Å². The number of amides is 2. The predicted octanol–water partition coefficient (Wildman–Crippen LogP) is 2.68. The number of alkyl halides is 3. The molecule has 0 saturated heterocycles. The number of hydrazine groups is 1. The Morgan fingerprint density at radius 1 is 1.00 bits per heavy atom. The molecule has 0 heterocycles. The van der Waals surface area contributed by atoms with Gasteiger partial charge in [-0.1, -0.05) is 6.07 Å². The average Bonchev–Trinajstić information content (AvgIpc) is 2.58. The molecule has 5 nitrogen and oxygen atoms in total. The zero-order chi connectivity index (χ0) is 18.4. The first-order valence-electron chi connectivity index (χ1n) is 6.90. The fourth-order valence-electron chi connectivity index (χ4n) is 1.75. The third-order valence-electron chi connectivity index (χ3n) is 2.95. The summed E-state index contributed by atoms with van der Waals surface area (Å²) in [6.07, 6.45) is -4.52.